The van der Waals surface area contributed by atoms with Crippen molar-refractivity contribution in [1.29, 1.82) is 0 Å². The smallest absolute Gasteiger partial charge is 0.264 e. The first-order valence-corrected chi connectivity index (χ1v) is 8.74. The van der Waals surface area contributed by atoms with Gasteiger partial charge in [-0.15, -0.1) is 0 Å². The zero-order valence-corrected chi connectivity index (χ0v) is 15.1. The van der Waals surface area contributed by atoms with Gasteiger partial charge in [-0.1, -0.05) is 35.9 Å². The summed E-state index contributed by atoms with van der Waals surface area (Å²) < 4.78 is 5.67. The van der Waals surface area contributed by atoms with Crippen LogP contribution in [0.15, 0.2) is 48.5 Å². The largest absolute Gasteiger partial charge is 0.494 e. The van der Waals surface area contributed by atoms with Crippen molar-refractivity contribution in [2.45, 2.75) is 32.3 Å². The second-order valence-electron chi connectivity index (χ2n) is 6.73. The fourth-order valence-corrected chi connectivity index (χ4v) is 3.35. The van der Waals surface area contributed by atoms with Crippen molar-refractivity contribution in [3.63, 3.8) is 0 Å². The average Bonchev–Trinajstić information content (AvgIpc) is 2.80. The Hall–Kier alpha value is -2.66. The molecule has 0 aliphatic carbocycles. The number of carbonyl (C=O) groups is 2. The fourth-order valence-electron chi connectivity index (χ4n) is 3.35. The van der Waals surface area contributed by atoms with Crippen molar-refractivity contribution in [1.82, 2.24) is 0 Å². The van der Waals surface area contributed by atoms with E-state index in [1.165, 1.54) is 6.92 Å². The summed E-state index contributed by atoms with van der Waals surface area (Å²) in [5, 5.41) is 11.0. The summed E-state index contributed by atoms with van der Waals surface area (Å²) in [5.41, 5.74) is 0.353. The minimum absolute atomic E-state index is 0.209. The first kappa shape index (κ1) is 18.1. The minimum atomic E-state index is -1.77. The number of ether oxygens (including phenoxy) is 1. The van der Waals surface area contributed by atoms with Crippen molar-refractivity contribution >= 4 is 17.4 Å². The lowest BCUT2D eigenvalue weighted by molar-refractivity contribution is -0.141. The van der Waals surface area contributed by atoms with E-state index in [0.29, 0.717) is 30.8 Å². The van der Waals surface area contributed by atoms with Crippen LogP contribution >= 0.6 is 0 Å². The number of hydrogen-bond acceptors (Lipinski definition) is 4. The van der Waals surface area contributed by atoms with E-state index in [0.717, 1.165) is 11.3 Å². The zero-order chi connectivity index (χ0) is 18.7. The van der Waals surface area contributed by atoms with E-state index >= 15 is 0 Å². The molecule has 1 atom stereocenters. The number of fused-ring (bicyclic) bond motifs is 1. The molecule has 5 heteroatoms. The average molecular weight is 353 g/mol. The number of Topliss-reactive ketones (excluding diaryl/α,β-unsaturated/α-hetero) is 1. The molecule has 136 valence electrons. The van der Waals surface area contributed by atoms with Gasteiger partial charge in [0.25, 0.3) is 5.91 Å². The summed E-state index contributed by atoms with van der Waals surface area (Å²) in [6.07, 6.45) is 0.406. The highest BCUT2D eigenvalue weighted by Gasteiger charge is 2.50. The molecule has 0 aromatic heterocycles. The normalized spacial score (nSPS) is 18.7. The van der Waals surface area contributed by atoms with Crippen LogP contribution in [-0.4, -0.2) is 29.9 Å². The van der Waals surface area contributed by atoms with E-state index in [1.807, 2.05) is 49.4 Å². The minimum Gasteiger partial charge on any atom is -0.494 e. The Labute approximate surface area is 153 Å². The predicted molar refractivity (Wildman–Crippen MR) is 99.3 cm³/mol. The van der Waals surface area contributed by atoms with Gasteiger partial charge in [0.2, 0.25) is 0 Å². The fraction of sp³-hybridized carbons (Fsp3) is 0.333. The molecule has 1 heterocycles. The molecule has 0 radical (unpaired) electrons. The number of amides is 1. The van der Waals surface area contributed by atoms with E-state index in [4.69, 9.17) is 4.74 Å². The standard InChI is InChI=1S/C21H23NO4/c1-15-9-10-19-18(13-15)21(25,14-16(2)23)20(24)22(19)11-6-12-26-17-7-4-3-5-8-17/h3-5,7-10,13,25H,6,11-12,14H2,1-2H3/t21-/m0/s1. The lowest BCUT2D eigenvalue weighted by Crippen LogP contribution is -2.42. The maximum absolute atomic E-state index is 12.9. The van der Waals surface area contributed by atoms with Crippen molar-refractivity contribution in [3.05, 3.63) is 59.7 Å². The molecule has 2 aromatic rings. The van der Waals surface area contributed by atoms with Crippen molar-refractivity contribution < 1.29 is 19.4 Å². The topological polar surface area (TPSA) is 66.8 Å². The van der Waals surface area contributed by atoms with Crippen molar-refractivity contribution in [2.75, 3.05) is 18.1 Å². The van der Waals surface area contributed by atoms with Gasteiger partial charge < -0.3 is 14.7 Å². The van der Waals surface area contributed by atoms with Crippen LogP contribution in [0.1, 0.15) is 30.9 Å². The van der Waals surface area contributed by atoms with E-state index in [9.17, 15) is 14.7 Å². The van der Waals surface area contributed by atoms with E-state index in [1.54, 1.807) is 11.0 Å². The first-order valence-electron chi connectivity index (χ1n) is 8.74. The molecule has 1 N–H and O–H groups in total. The number of anilines is 1. The van der Waals surface area contributed by atoms with Gasteiger partial charge in [-0.05, 0) is 38.5 Å². The Morgan fingerprint density at radius 1 is 1.19 bits per heavy atom. The molecule has 5 nitrogen and oxygen atoms in total. The molecule has 1 amide bonds. The Morgan fingerprint density at radius 3 is 2.62 bits per heavy atom. The second kappa shape index (κ2) is 7.30. The number of benzene rings is 2. The Kier molecular flexibility index (Phi) is 5.09. The van der Waals surface area contributed by atoms with Crippen molar-refractivity contribution in [2.24, 2.45) is 0 Å². The molecule has 0 saturated carbocycles. The maximum atomic E-state index is 12.9. The molecule has 1 aliphatic heterocycles. The van der Waals surface area contributed by atoms with Crippen LogP contribution in [0.25, 0.3) is 0 Å². The summed E-state index contributed by atoms with van der Waals surface area (Å²) in [4.78, 5) is 26.1. The third-order valence-corrected chi connectivity index (χ3v) is 4.53. The van der Waals surface area contributed by atoms with Gasteiger partial charge in [-0.25, -0.2) is 0 Å². The highest BCUT2D eigenvalue weighted by Crippen LogP contribution is 2.43. The lowest BCUT2D eigenvalue weighted by atomic mass is 9.89. The van der Waals surface area contributed by atoms with Crippen LogP contribution in [-0.2, 0) is 15.2 Å². The maximum Gasteiger partial charge on any atom is 0.264 e. The molecule has 0 fully saturated rings. The van der Waals surface area contributed by atoms with Gasteiger partial charge >= 0.3 is 0 Å². The molecule has 0 spiro atoms. The van der Waals surface area contributed by atoms with Gasteiger partial charge in [0.05, 0.1) is 12.3 Å². The molecular weight excluding hydrogens is 330 g/mol. The van der Waals surface area contributed by atoms with Crippen LogP contribution in [0.5, 0.6) is 5.75 Å². The third-order valence-electron chi connectivity index (χ3n) is 4.53. The molecule has 0 saturated heterocycles. The van der Waals surface area contributed by atoms with Crippen molar-refractivity contribution in [3.8, 4) is 5.75 Å². The molecular formula is C21H23NO4. The summed E-state index contributed by atoms with van der Waals surface area (Å²) in [6, 6.07) is 15.0. The molecule has 3 rings (SSSR count). The van der Waals surface area contributed by atoms with E-state index in [2.05, 4.69) is 0 Å². The monoisotopic (exact) mass is 353 g/mol. The second-order valence-corrected chi connectivity index (χ2v) is 6.73. The third kappa shape index (κ3) is 3.48. The van der Waals surface area contributed by atoms with Gasteiger partial charge in [-0.2, -0.15) is 0 Å². The number of para-hydroxylation sites is 1. The highest BCUT2D eigenvalue weighted by molar-refractivity contribution is 6.08. The van der Waals surface area contributed by atoms with Gasteiger partial charge in [0.1, 0.15) is 11.5 Å². The first-order chi connectivity index (χ1) is 12.4. The zero-order valence-electron chi connectivity index (χ0n) is 15.1. The predicted octanol–water partition coefficient (Wildman–Crippen LogP) is 2.98. The van der Waals surface area contributed by atoms with Gasteiger partial charge in [-0.3, -0.25) is 9.59 Å². The van der Waals surface area contributed by atoms with E-state index < -0.39 is 11.5 Å². The number of hydrogen-bond donors (Lipinski definition) is 1. The van der Waals surface area contributed by atoms with Crippen LogP contribution in [0.3, 0.4) is 0 Å². The Morgan fingerprint density at radius 2 is 1.92 bits per heavy atom. The van der Waals surface area contributed by atoms with Gasteiger partial charge in [0.15, 0.2) is 5.60 Å². The highest BCUT2D eigenvalue weighted by atomic mass is 16.5. The quantitative estimate of drug-likeness (QED) is 0.777. The number of aliphatic hydroxyl groups is 1. The molecule has 0 unspecified atom stereocenters. The molecule has 2 aromatic carbocycles. The number of rotatable bonds is 7. The molecule has 0 bridgehead atoms. The van der Waals surface area contributed by atoms with Crippen LogP contribution in [0, 0.1) is 6.92 Å². The Bertz CT molecular complexity index is 818. The SMILES string of the molecule is CC(=O)C[C@@]1(O)C(=O)N(CCCOc2ccccc2)c2ccc(C)cc21. The van der Waals surface area contributed by atoms with Gasteiger partial charge in [0, 0.05) is 18.5 Å². The lowest BCUT2D eigenvalue weighted by Gasteiger charge is -2.22. The molecule has 1 aliphatic rings. The van der Waals surface area contributed by atoms with Crippen LogP contribution < -0.4 is 9.64 Å². The van der Waals surface area contributed by atoms with E-state index in [-0.39, 0.29) is 12.2 Å². The van der Waals surface area contributed by atoms with Crippen LogP contribution in [0.4, 0.5) is 5.69 Å². The number of nitrogens with zero attached hydrogens (tertiary/aromatic N) is 1. The summed E-state index contributed by atoms with van der Waals surface area (Å²) in [6.45, 7) is 4.16. The Balaban J connectivity index is 1.73. The van der Waals surface area contributed by atoms with Crippen LogP contribution in [0.2, 0.25) is 0 Å². The number of aryl methyl sites for hydroxylation is 1. The summed E-state index contributed by atoms with van der Waals surface area (Å²) >= 11 is 0. The molecule has 26 heavy (non-hydrogen) atoms. The number of carbonyl (C=O) groups excluding carboxylic acids is 2. The summed E-state index contributed by atoms with van der Waals surface area (Å²) in [5.74, 6) is 0.125. The summed E-state index contributed by atoms with van der Waals surface area (Å²) in [7, 11) is 0. The number of ketones is 1.